The summed E-state index contributed by atoms with van der Waals surface area (Å²) in [6.07, 6.45) is 9.97. The zero-order chi connectivity index (χ0) is 12.9. The van der Waals surface area contributed by atoms with Crippen molar-refractivity contribution in [2.24, 2.45) is 5.92 Å². The number of ether oxygens (including phenoxy) is 1. The maximum absolute atomic E-state index is 5.96. The zero-order valence-electron chi connectivity index (χ0n) is 11.7. The van der Waals surface area contributed by atoms with Crippen LogP contribution in [0.3, 0.4) is 0 Å². The Morgan fingerprint density at radius 1 is 1.00 bits per heavy atom. The van der Waals surface area contributed by atoms with E-state index in [2.05, 4.69) is 29.6 Å². The quantitative estimate of drug-likeness (QED) is 0.835. The minimum Gasteiger partial charge on any atom is -0.488 e. The largest absolute Gasteiger partial charge is 0.488 e. The zero-order valence-corrected chi connectivity index (χ0v) is 11.7. The van der Waals surface area contributed by atoms with E-state index in [0.717, 1.165) is 24.6 Å². The number of fused-ring (bicyclic) bond motifs is 1. The molecule has 1 aromatic carbocycles. The minimum atomic E-state index is 0.336. The monoisotopic (exact) mass is 259 g/mol. The highest BCUT2D eigenvalue weighted by Gasteiger charge is 2.22. The van der Waals surface area contributed by atoms with Crippen molar-refractivity contribution in [1.29, 1.82) is 0 Å². The van der Waals surface area contributed by atoms with Crippen LogP contribution in [-0.4, -0.2) is 19.2 Å². The van der Waals surface area contributed by atoms with E-state index in [-0.39, 0.29) is 0 Å². The summed E-state index contributed by atoms with van der Waals surface area (Å²) < 4.78 is 5.96. The van der Waals surface area contributed by atoms with Gasteiger partial charge in [0.05, 0.1) is 0 Å². The molecule has 1 aromatic rings. The summed E-state index contributed by atoms with van der Waals surface area (Å²) in [4.78, 5) is 0. The second kappa shape index (κ2) is 6.42. The molecule has 3 rings (SSSR count). The molecule has 1 aliphatic carbocycles. The van der Waals surface area contributed by atoms with Gasteiger partial charge in [0, 0.05) is 13.0 Å². The topological polar surface area (TPSA) is 21.3 Å². The Morgan fingerprint density at radius 3 is 2.58 bits per heavy atom. The van der Waals surface area contributed by atoms with Crippen molar-refractivity contribution in [3.8, 4) is 5.75 Å². The molecular formula is C17H25NO. The number of hydrogen-bond acceptors (Lipinski definition) is 2. The van der Waals surface area contributed by atoms with Crippen molar-refractivity contribution < 1.29 is 4.74 Å². The summed E-state index contributed by atoms with van der Waals surface area (Å²) >= 11 is 0. The number of hydrogen-bond donors (Lipinski definition) is 1. The maximum atomic E-state index is 5.96. The smallest absolute Gasteiger partial charge is 0.123 e. The van der Waals surface area contributed by atoms with Crippen molar-refractivity contribution in [3.05, 3.63) is 29.8 Å². The molecule has 1 atom stereocenters. The summed E-state index contributed by atoms with van der Waals surface area (Å²) in [6.45, 7) is 2.17. The maximum Gasteiger partial charge on any atom is 0.123 e. The molecule has 104 valence electrons. The van der Waals surface area contributed by atoms with E-state index in [9.17, 15) is 0 Å². The third kappa shape index (κ3) is 3.50. The van der Waals surface area contributed by atoms with Crippen LogP contribution in [-0.2, 0) is 6.42 Å². The van der Waals surface area contributed by atoms with E-state index in [0.29, 0.717) is 6.10 Å². The lowest BCUT2D eigenvalue weighted by Gasteiger charge is -2.17. The van der Waals surface area contributed by atoms with Gasteiger partial charge in [-0.3, -0.25) is 0 Å². The van der Waals surface area contributed by atoms with Crippen molar-refractivity contribution in [2.45, 2.75) is 51.0 Å². The summed E-state index contributed by atoms with van der Waals surface area (Å²) in [5.74, 6) is 1.98. The van der Waals surface area contributed by atoms with Crippen LogP contribution >= 0.6 is 0 Å². The van der Waals surface area contributed by atoms with E-state index in [1.807, 2.05) is 0 Å². The normalized spacial score (nSPS) is 23.7. The van der Waals surface area contributed by atoms with E-state index >= 15 is 0 Å². The lowest BCUT2D eigenvalue weighted by atomic mass is 10.0. The van der Waals surface area contributed by atoms with Gasteiger partial charge < -0.3 is 10.1 Å². The number of rotatable bonds is 4. The van der Waals surface area contributed by atoms with Gasteiger partial charge in [-0.05, 0) is 36.9 Å². The lowest BCUT2D eigenvalue weighted by molar-refractivity contribution is 0.223. The molecule has 1 saturated carbocycles. The summed E-state index contributed by atoms with van der Waals surface area (Å²) in [6, 6.07) is 8.42. The third-order valence-electron chi connectivity index (χ3n) is 4.49. The van der Waals surface area contributed by atoms with Gasteiger partial charge in [-0.25, -0.2) is 0 Å². The Balaban J connectivity index is 1.39. The fourth-order valence-electron chi connectivity index (χ4n) is 3.38. The molecule has 1 N–H and O–H groups in total. The fourth-order valence-corrected chi connectivity index (χ4v) is 3.38. The van der Waals surface area contributed by atoms with Gasteiger partial charge in [-0.1, -0.05) is 43.9 Å². The molecule has 1 aliphatic heterocycles. The van der Waals surface area contributed by atoms with Crippen molar-refractivity contribution in [2.75, 3.05) is 13.1 Å². The molecule has 0 amide bonds. The Hall–Kier alpha value is -1.02. The molecule has 0 aromatic heterocycles. The predicted molar refractivity (Wildman–Crippen MR) is 78.6 cm³/mol. The van der Waals surface area contributed by atoms with Gasteiger partial charge in [0.2, 0.25) is 0 Å². The van der Waals surface area contributed by atoms with Crippen molar-refractivity contribution in [1.82, 2.24) is 5.32 Å². The third-order valence-corrected chi connectivity index (χ3v) is 4.49. The highest BCUT2D eigenvalue weighted by molar-refractivity contribution is 5.37. The summed E-state index contributed by atoms with van der Waals surface area (Å²) in [5, 5.41) is 3.63. The van der Waals surface area contributed by atoms with E-state index in [4.69, 9.17) is 4.74 Å². The van der Waals surface area contributed by atoms with Crippen LogP contribution < -0.4 is 10.1 Å². The van der Waals surface area contributed by atoms with Gasteiger partial charge in [-0.15, -0.1) is 0 Å². The van der Waals surface area contributed by atoms with Gasteiger partial charge in [-0.2, -0.15) is 0 Å². The van der Waals surface area contributed by atoms with Crippen molar-refractivity contribution in [3.63, 3.8) is 0 Å². The molecular weight excluding hydrogens is 234 g/mol. The highest BCUT2D eigenvalue weighted by Crippen LogP contribution is 2.28. The lowest BCUT2D eigenvalue weighted by Crippen LogP contribution is -2.33. The molecule has 1 unspecified atom stereocenters. The van der Waals surface area contributed by atoms with Crippen LogP contribution in [0.2, 0.25) is 0 Å². The molecule has 0 spiro atoms. The summed E-state index contributed by atoms with van der Waals surface area (Å²) in [5.41, 5.74) is 1.36. The molecule has 0 radical (unpaired) electrons. The van der Waals surface area contributed by atoms with Crippen molar-refractivity contribution >= 4 is 0 Å². The standard InChI is InChI=1S/C17H25NO/c1-2-4-8-14(7-3-1)12-18-13-16-11-15-9-5-6-10-17(15)19-16/h5-6,9-10,14,16,18H,1-4,7-8,11-13H2. The molecule has 2 aliphatic rings. The predicted octanol–water partition coefficient (Wildman–Crippen LogP) is 3.55. The Labute approximate surface area is 116 Å². The molecule has 1 fully saturated rings. The SMILES string of the molecule is c1ccc2c(c1)CC(CNCC1CCCCCC1)O2. The van der Waals surface area contributed by atoms with Crippen LogP contribution in [0.15, 0.2) is 24.3 Å². The average Bonchev–Trinajstić information content (AvgIpc) is 2.66. The highest BCUT2D eigenvalue weighted by atomic mass is 16.5. The first-order valence-corrected chi connectivity index (χ1v) is 7.87. The van der Waals surface area contributed by atoms with E-state index in [1.165, 1.54) is 50.6 Å². The second-order valence-corrected chi connectivity index (χ2v) is 6.07. The fraction of sp³-hybridized carbons (Fsp3) is 0.647. The van der Waals surface area contributed by atoms with Crippen LogP contribution in [0.5, 0.6) is 5.75 Å². The molecule has 2 nitrogen and oxygen atoms in total. The van der Waals surface area contributed by atoms with Crippen LogP contribution in [0, 0.1) is 5.92 Å². The molecule has 0 bridgehead atoms. The molecule has 1 heterocycles. The Morgan fingerprint density at radius 2 is 1.79 bits per heavy atom. The molecule has 19 heavy (non-hydrogen) atoms. The van der Waals surface area contributed by atoms with Crippen LogP contribution in [0.25, 0.3) is 0 Å². The minimum absolute atomic E-state index is 0.336. The summed E-state index contributed by atoms with van der Waals surface area (Å²) in [7, 11) is 0. The first-order valence-electron chi connectivity index (χ1n) is 7.87. The first kappa shape index (κ1) is 13.0. The average molecular weight is 259 g/mol. The van der Waals surface area contributed by atoms with E-state index < -0.39 is 0 Å². The number of benzene rings is 1. The second-order valence-electron chi connectivity index (χ2n) is 6.07. The van der Waals surface area contributed by atoms with E-state index in [1.54, 1.807) is 0 Å². The first-order chi connectivity index (χ1) is 9.42. The van der Waals surface area contributed by atoms with Gasteiger partial charge in [0.15, 0.2) is 0 Å². The molecule has 2 heteroatoms. The van der Waals surface area contributed by atoms with Crippen LogP contribution in [0.4, 0.5) is 0 Å². The number of nitrogens with one attached hydrogen (secondary N) is 1. The van der Waals surface area contributed by atoms with Gasteiger partial charge >= 0.3 is 0 Å². The Kier molecular flexibility index (Phi) is 4.39. The van der Waals surface area contributed by atoms with Gasteiger partial charge in [0.25, 0.3) is 0 Å². The van der Waals surface area contributed by atoms with Crippen LogP contribution in [0.1, 0.15) is 44.1 Å². The Bertz CT molecular complexity index is 371. The molecule has 0 saturated heterocycles. The number of para-hydroxylation sites is 1. The van der Waals surface area contributed by atoms with Gasteiger partial charge in [0.1, 0.15) is 11.9 Å².